The van der Waals surface area contributed by atoms with Crippen LogP contribution in [0.3, 0.4) is 0 Å². The number of hydrogen-bond acceptors (Lipinski definition) is 10. The molecule has 1 heterocycles. The van der Waals surface area contributed by atoms with Crippen LogP contribution in [0, 0.1) is 0 Å². The minimum Gasteiger partial charge on any atom is -0.462 e. The number of aliphatic hydroxyl groups is 4. The van der Waals surface area contributed by atoms with E-state index in [4.69, 9.17) is 18.9 Å². The maximum atomic E-state index is 12.5. The second kappa shape index (κ2) is 23.3. The van der Waals surface area contributed by atoms with Crippen molar-refractivity contribution in [3.8, 4) is 0 Å². The van der Waals surface area contributed by atoms with Crippen molar-refractivity contribution >= 4 is 11.9 Å². The molecule has 0 amide bonds. The van der Waals surface area contributed by atoms with Crippen molar-refractivity contribution in [2.75, 3.05) is 19.8 Å². The fourth-order valence-electron chi connectivity index (χ4n) is 4.63. The van der Waals surface area contributed by atoms with Crippen LogP contribution in [0.2, 0.25) is 0 Å². The van der Waals surface area contributed by atoms with Gasteiger partial charge in [0.15, 0.2) is 12.4 Å². The van der Waals surface area contributed by atoms with E-state index in [1.54, 1.807) is 0 Å². The molecule has 4 N–H and O–H groups in total. The second-order valence-electron chi connectivity index (χ2n) is 10.9. The molecule has 0 aromatic carbocycles. The zero-order valence-corrected chi connectivity index (χ0v) is 24.8. The number of unbranched alkanes of at least 4 members (excludes halogenated alkanes) is 13. The molecular weight excluding hydrogens is 520 g/mol. The lowest BCUT2D eigenvalue weighted by Crippen LogP contribution is -2.59. The topological polar surface area (TPSA) is 152 Å². The molecule has 236 valence electrons. The molecule has 1 aliphatic rings. The second-order valence-corrected chi connectivity index (χ2v) is 10.9. The fraction of sp³-hybridized carbons (Fsp3) is 0.933. The predicted octanol–water partition coefficient (Wildman–Crippen LogP) is 3.93. The van der Waals surface area contributed by atoms with Gasteiger partial charge in [-0.05, 0) is 12.8 Å². The molecule has 0 bridgehead atoms. The fourth-order valence-corrected chi connectivity index (χ4v) is 4.63. The Morgan fingerprint density at radius 3 is 1.75 bits per heavy atom. The standard InChI is InChI=1S/C30H56O10/c1-3-5-7-8-9-10-11-12-13-14-15-16-17-19-26(33)39-23(21-37-25(32)18-6-4-2)22-38-30-29(36)28(35)27(34)24(20-31)40-30/h23-24,27-31,34-36H,3-22H2,1-2H3. The van der Waals surface area contributed by atoms with E-state index in [2.05, 4.69) is 6.92 Å². The van der Waals surface area contributed by atoms with Gasteiger partial charge in [0.1, 0.15) is 31.0 Å². The largest absolute Gasteiger partial charge is 0.462 e. The average molecular weight is 577 g/mol. The van der Waals surface area contributed by atoms with Gasteiger partial charge in [-0.1, -0.05) is 97.3 Å². The predicted molar refractivity (Wildman–Crippen MR) is 150 cm³/mol. The molecule has 0 spiro atoms. The van der Waals surface area contributed by atoms with E-state index in [0.717, 1.165) is 25.7 Å². The summed E-state index contributed by atoms with van der Waals surface area (Å²) in [6.45, 7) is 3.12. The number of rotatable bonds is 24. The number of hydrogen-bond donors (Lipinski definition) is 4. The van der Waals surface area contributed by atoms with Crippen molar-refractivity contribution in [1.82, 2.24) is 0 Å². The Balaban J connectivity index is 2.36. The Morgan fingerprint density at radius 2 is 1.20 bits per heavy atom. The first-order chi connectivity index (χ1) is 19.3. The molecule has 0 saturated carbocycles. The average Bonchev–Trinajstić information content (AvgIpc) is 2.95. The smallest absolute Gasteiger partial charge is 0.306 e. The minimum atomic E-state index is -1.58. The van der Waals surface area contributed by atoms with Gasteiger partial charge in [0.2, 0.25) is 0 Å². The Kier molecular flexibility index (Phi) is 21.4. The lowest BCUT2D eigenvalue weighted by Gasteiger charge is -2.39. The molecule has 1 aliphatic heterocycles. The van der Waals surface area contributed by atoms with Crippen LogP contribution in [0.25, 0.3) is 0 Å². The molecule has 10 heteroatoms. The highest BCUT2D eigenvalue weighted by Crippen LogP contribution is 2.22. The molecular formula is C30H56O10. The maximum absolute atomic E-state index is 12.5. The molecule has 1 rings (SSSR count). The molecule has 6 atom stereocenters. The van der Waals surface area contributed by atoms with Gasteiger partial charge in [0.05, 0.1) is 13.2 Å². The van der Waals surface area contributed by atoms with Crippen LogP contribution in [-0.4, -0.2) is 89.0 Å². The minimum absolute atomic E-state index is 0.218. The van der Waals surface area contributed by atoms with Gasteiger partial charge < -0.3 is 39.4 Å². The molecule has 6 unspecified atom stereocenters. The van der Waals surface area contributed by atoms with Crippen molar-refractivity contribution in [3.05, 3.63) is 0 Å². The van der Waals surface area contributed by atoms with Crippen molar-refractivity contribution in [1.29, 1.82) is 0 Å². The van der Waals surface area contributed by atoms with E-state index in [1.165, 1.54) is 57.8 Å². The third kappa shape index (κ3) is 16.2. The Labute approximate surface area is 240 Å². The number of carbonyl (C=O) groups excluding carboxylic acids is 2. The molecule has 0 radical (unpaired) electrons. The summed E-state index contributed by atoms with van der Waals surface area (Å²) in [5, 5.41) is 39.4. The third-order valence-corrected chi connectivity index (χ3v) is 7.24. The number of ether oxygens (including phenoxy) is 4. The normalized spacial score (nSPS) is 23.6. The summed E-state index contributed by atoms with van der Waals surface area (Å²) >= 11 is 0. The van der Waals surface area contributed by atoms with Crippen LogP contribution >= 0.6 is 0 Å². The van der Waals surface area contributed by atoms with Crippen LogP contribution < -0.4 is 0 Å². The Bertz CT molecular complexity index is 644. The number of aliphatic hydroxyl groups excluding tert-OH is 4. The third-order valence-electron chi connectivity index (χ3n) is 7.24. The molecule has 1 saturated heterocycles. The zero-order valence-electron chi connectivity index (χ0n) is 24.8. The highest BCUT2D eigenvalue weighted by molar-refractivity contribution is 5.70. The van der Waals surface area contributed by atoms with Gasteiger partial charge in [-0.3, -0.25) is 9.59 Å². The molecule has 1 fully saturated rings. The Morgan fingerprint density at radius 1 is 0.675 bits per heavy atom. The van der Waals surface area contributed by atoms with Crippen molar-refractivity contribution < 1.29 is 49.0 Å². The summed E-state index contributed by atoms with van der Waals surface area (Å²) in [6, 6.07) is 0. The Hall–Kier alpha value is -1.30. The van der Waals surface area contributed by atoms with E-state index in [0.29, 0.717) is 12.8 Å². The van der Waals surface area contributed by atoms with E-state index in [9.17, 15) is 30.0 Å². The van der Waals surface area contributed by atoms with E-state index in [1.807, 2.05) is 6.92 Å². The molecule has 40 heavy (non-hydrogen) atoms. The van der Waals surface area contributed by atoms with E-state index >= 15 is 0 Å². The van der Waals surface area contributed by atoms with Crippen molar-refractivity contribution in [2.24, 2.45) is 0 Å². The van der Waals surface area contributed by atoms with Crippen molar-refractivity contribution in [3.63, 3.8) is 0 Å². The van der Waals surface area contributed by atoms with Crippen LogP contribution in [-0.2, 0) is 28.5 Å². The van der Waals surface area contributed by atoms with E-state index < -0.39 is 55.4 Å². The van der Waals surface area contributed by atoms with E-state index in [-0.39, 0.29) is 26.1 Å². The van der Waals surface area contributed by atoms with Gasteiger partial charge >= 0.3 is 11.9 Å². The summed E-state index contributed by atoms with van der Waals surface area (Å²) in [6.07, 6.45) is 9.58. The van der Waals surface area contributed by atoms with Gasteiger partial charge in [-0.25, -0.2) is 0 Å². The summed E-state index contributed by atoms with van der Waals surface area (Å²) in [4.78, 5) is 24.4. The SMILES string of the molecule is CCCCCCCCCCCCCCCC(=O)OC(COC(=O)CCCC)COC1OC(CO)C(O)C(O)C1O. The van der Waals surface area contributed by atoms with Crippen LogP contribution in [0.1, 0.15) is 123 Å². The van der Waals surface area contributed by atoms with Gasteiger partial charge in [0, 0.05) is 12.8 Å². The first kappa shape index (κ1) is 36.7. The number of carbonyl (C=O) groups is 2. The quantitative estimate of drug-likeness (QED) is 0.0982. The first-order valence-electron chi connectivity index (χ1n) is 15.6. The molecule has 0 aromatic heterocycles. The monoisotopic (exact) mass is 576 g/mol. The summed E-state index contributed by atoms with van der Waals surface area (Å²) in [7, 11) is 0. The van der Waals surface area contributed by atoms with Crippen LogP contribution in [0.5, 0.6) is 0 Å². The molecule has 10 nitrogen and oxygen atoms in total. The first-order valence-corrected chi connectivity index (χ1v) is 15.6. The maximum Gasteiger partial charge on any atom is 0.306 e. The van der Waals surface area contributed by atoms with Crippen molar-refractivity contribution in [2.45, 2.75) is 160 Å². The van der Waals surface area contributed by atoms with Gasteiger partial charge in [-0.15, -0.1) is 0 Å². The van der Waals surface area contributed by atoms with Crippen LogP contribution in [0.15, 0.2) is 0 Å². The summed E-state index contributed by atoms with van der Waals surface area (Å²) in [5.41, 5.74) is 0. The molecule has 0 aliphatic carbocycles. The highest BCUT2D eigenvalue weighted by atomic mass is 16.7. The lowest BCUT2D eigenvalue weighted by molar-refractivity contribution is -0.305. The zero-order chi connectivity index (χ0) is 29.6. The number of esters is 2. The summed E-state index contributed by atoms with van der Waals surface area (Å²) < 4.78 is 21.6. The van der Waals surface area contributed by atoms with Gasteiger partial charge in [-0.2, -0.15) is 0 Å². The van der Waals surface area contributed by atoms with Crippen LogP contribution in [0.4, 0.5) is 0 Å². The lowest BCUT2D eigenvalue weighted by atomic mass is 9.99. The summed E-state index contributed by atoms with van der Waals surface area (Å²) in [5.74, 6) is -0.845. The highest BCUT2D eigenvalue weighted by Gasteiger charge is 2.44. The molecule has 0 aromatic rings. The van der Waals surface area contributed by atoms with Gasteiger partial charge in [0.25, 0.3) is 0 Å².